The van der Waals surface area contributed by atoms with E-state index in [2.05, 4.69) is 5.32 Å². The molecule has 0 saturated carbocycles. The quantitative estimate of drug-likeness (QED) is 0.681. The van der Waals surface area contributed by atoms with E-state index in [1.807, 2.05) is 37.3 Å². The Bertz CT molecular complexity index is 801. The Morgan fingerprint density at radius 1 is 1.08 bits per heavy atom. The molecule has 140 valence electrons. The van der Waals surface area contributed by atoms with Crippen molar-refractivity contribution in [2.45, 2.75) is 37.1 Å². The van der Waals surface area contributed by atoms with Crippen LogP contribution in [0.1, 0.15) is 37.8 Å². The second-order valence-electron chi connectivity index (χ2n) is 6.13. The molecule has 2 aromatic rings. The molecule has 0 aliphatic carbocycles. The van der Waals surface area contributed by atoms with Gasteiger partial charge < -0.3 is 10.1 Å². The second kappa shape index (κ2) is 9.38. The summed E-state index contributed by atoms with van der Waals surface area (Å²) in [5, 5.41) is 3.00. The first kappa shape index (κ1) is 20.0. The highest BCUT2D eigenvalue weighted by atomic mass is 32.2. The zero-order valence-corrected chi connectivity index (χ0v) is 16.0. The van der Waals surface area contributed by atoms with Gasteiger partial charge in [0.25, 0.3) is 0 Å². The van der Waals surface area contributed by atoms with E-state index < -0.39 is 9.84 Å². The molecule has 0 aromatic heterocycles. The Balaban J connectivity index is 1.82. The molecule has 0 spiro atoms. The van der Waals surface area contributed by atoms with Gasteiger partial charge in [-0.25, -0.2) is 8.42 Å². The Morgan fingerprint density at radius 2 is 1.73 bits per heavy atom. The molecule has 0 aliphatic heterocycles. The van der Waals surface area contributed by atoms with E-state index in [0.717, 1.165) is 17.7 Å². The van der Waals surface area contributed by atoms with Crippen LogP contribution in [0.2, 0.25) is 0 Å². The molecule has 26 heavy (non-hydrogen) atoms. The van der Waals surface area contributed by atoms with E-state index in [1.165, 1.54) is 6.26 Å². The van der Waals surface area contributed by atoms with E-state index in [4.69, 9.17) is 4.74 Å². The van der Waals surface area contributed by atoms with Crippen molar-refractivity contribution < 1.29 is 17.9 Å². The normalized spacial score (nSPS) is 12.4. The predicted molar refractivity (Wildman–Crippen MR) is 102 cm³/mol. The maximum Gasteiger partial charge on any atom is 0.220 e. The number of hydrogen-bond donors (Lipinski definition) is 1. The van der Waals surface area contributed by atoms with Crippen LogP contribution in [0, 0.1) is 0 Å². The van der Waals surface area contributed by atoms with Gasteiger partial charge in [-0.3, -0.25) is 4.79 Å². The van der Waals surface area contributed by atoms with Crippen LogP contribution in [0.4, 0.5) is 0 Å². The van der Waals surface area contributed by atoms with E-state index in [-0.39, 0.29) is 16.8 Å². The second-order valence-corrected chi connectivity index (χ2v) is 8.15. The molecule has 0 heterocycles. The fraction of sp³-hybridized carbons (Fsp3) is 0.350. The Morgan fingerprint density at radius 3 is 2.31 bits per heavy atom. The molecule has 1 amide bonds. The molecule has 6 heteroatoms. The summed E-state index contributed by atoms with van der Waals surface area (Å²) < 4.78 is 28.6. The number of nitrogens with one attached hydrogen (secondary N) is 1. The average molecular weight is 375 g/mol. The Hall–Kier alpha value is -2.34. The number of benzene rings is 2. The maximum atomic E-state index is 12.2. The summed E-state index contributed by atoms with van der Waals surface area (Å²) in [4.78, 5) is 12.4. The topological polar surface area (TPSA) is 72.5 Å². The van der Waals surface area contributed by atoms with E-state index >= 15 is 0 Å². The third-order valence-electron chi connectivity index (χ3n) is 4.01. The van der Waals surface area contributed by atoms with Gasteiger partial charge in [0.1, 0.15) is 5.75 Å². The first-order valence-electron chi connectivity index (χ1n) is 8.67. The molecule has 0 radical (unpaired) electrons. The Kier molecular flexibility index (Phi) is 7.21. The molecular formula is C20H25NO4S. The third-order valence-corrected chi connectivity index (χ3v) is 5.14. The van der Waals surface area contributed by atoms with Crippen LogP contribution in [-0.2, 0) is 14.6 Å². The highest BCUT2D eigenvalue weighted by Crippen LogP contribution is 2.19. The largest absolute Gasteiger partial charge is 0.494 e. The first-order valence-corrected chi connectivity index (χ1v) is 10.6. The summed E-state index contributed by atoms with van der Waals surface area (Å²) in [5.41, 5.74) is 0.897. The summed E-state index contributed by atoms with van der Waals surface area (Å²) in [6, 6.07) is 16.0. The van der Waals surface area contributed by atoms with Crippen LogP contribution in [0.3, 0.4) is 0 Å². The predicted octanol–water partition coefficient (Wildman–Crippen LogP) is 3.52. The van der Waals surface area contributed by atoms with Gasteiger partial charge >= 0.3 is 0 Å². The van der Waals surface area contributed by atoms with E-state index in [1.54, 1.807) is 24.3 Å². The highest BCUT2D eigenvalue weighted by Gasteiger charge is 2.14. The molecule has 0 fully saturated rings. The van der Waals surface area contributed by atoms with Gasteiger partial charge in [-0.05, 0) is 42.7 Å². The first-order chi connectivity index (χ1) is 12.4. The molecule has 0 aliphatic rings. The molecule has 5 nitrogen and oxygen atoms in total. The minimum absolute atomic E-state index is 0.0410. The maximum absolute atomic E-state index is 12.2. The monoisotopic (exact) mass is 375 g/mol. The lowest BCUT2D eigenvalue weighted by Gasteiger charge is -2.18. The van der Waals surface area contributed by atoms with Crippen molar-refractivity contribution in [2.24, 2.45) is 0 Å². The van der Waals surface area contributed by atoms with Crippen molar-refractivity contribution in [1.82, 2.24) is 5.32 Å². The van der Waals surface area contributed by atoms with Crippen LogP contribution in [0.15, 0.2) is 59.5 Å². The van der Waals surface area contributed by atoms with Crippen molar-refractivity contribution in [3.63, 3.8) is 0 Å². The zero-order valence-electron chi connectivity index (χ0n) is 15.1. The number of ether oxygens (including phenoxy) is 1. The van der Waals surface area contributed by atoms with Crippen LogP contribution in [-0.4, -0.2) is 27.2 Å². The number of sulfone groups is 1. The lowest BCUT2D eigenvalue weighted by Crippen LogP contribution is -2.28. The standard InChI is InChI=1S/C20H25NO4S/c1-3-19(16-11-13-18(14-12-16)26(2,23)24)21-20(22)10-7-15-25-17-8-5-4-6-9-17/h4-6,8-9,11-14,19H,3,7,10,15H2,1-2H3,(H,21,22)/t19-/m1/s1. The van der Waals surface area contributed by atoms with Crippen molar-refractivity contribution in [1.29, 1.82) is 0 Å². The van der Waals surface area contributed by atoms with E-state index in [0.29, 0.717) is 19.4 Å². The smallest absolute Gasteiger partial charge is 0.220 e. The summed E-state index contributed by atoms with van der Waals surface area (Å²) in [5.74, 6) is 0.756. The van der Waals surface area contributed by atoms with Crippen molar-refractivity contribution >= 4 is 15.7 Å². The summed E-state index contributed by atoms with van der Waals surface area (Å²) in [6.45, 7) is 2.46. The fourth-order valence-electron chi connectivity index (χ4n) is 2.57. The zero-order chi connectivity index (χ0) is 19.0. The lowest BCUT2D eigenvalue weighted by atomic mass is 10.0. The Labute approximate surface area is 155 Å². The van der Waals surface area contributed by atoms with Gasteiger partial charge in [-0.2, -0.15) is 0 Å². The fourth-order valence-corrected chi connectivity index (χ4v) is 3.20. The summed E-state index contributed by atoms with van der Waals surface area (Å²) >= 11 is 0. The number of rotatable bonds is 9. The molecule has 2 rings (SSSR count). The van der Waals surface area contributed by atoms with Gasteiger partial charge in [0.2, 0.25) is 5.91 Å². The number of hydrogen-bond acceptors (Lipinski definition) is 4. The highest BCUT2D eigenvalue weighted by molar-refractivity contribution is 7.90. The van der Waals surface area contributed by atoms with E-state index in [9.17, 15) is 13.2 Å². The van der Waals surface area contributed by atoms with Crippen molar-refractivity contribution in [3.8, 4) is 5.75 Å². The van der Waals surface area contributed by atoms with Crippen LogP contribution in [0.5, 0.6) is 5.75 Å². The SMILES string of the molecule is CC[C@@H](NC(=O)CCCOc1ccccc1)c1ccc(S(C)(=O)=O)cc1. The summed E-state index contributed by atoms with van der Waals surface area (Å²) in [7, 11) is -3.21. The molecule has 1 atom stereocenters. The number of carbonyl (C=O) groups excluding carboxylic acids is 1. The van der Waals surface area contributed by atoms with Gasteiger partial charge in [0.05, 0.1) is 17.5 Å². The minimum atomic E-state index is -3.21. The summed E-state index contributed by atoms with van der Waals surface area (Å²) in [6.07, 6.45) is 2.91. The van der Waals surface area contributed by atoms with Gasteiger partial charge in [-0.15, -0.1) is 0 Å². The number of carbonyl (C=O) groups is 1. The lowest BCUT2D eigenvalue weighted by molar-refractivity contribution is -0.122. The van der Waals surface area contributed by atoms with Gasteiger partial charge in [0.15, 0.2) is 9.84 Å². The third kappa shape index (κ3) is 6.19. The van der Waals surface area contributed by atoms with Gasteiger partial charge in [0, 0.05) is 12.7 Å². The van der Waals surface area contributed by atoms with Crippen LogP contribution in [0.25, 0.3) is 0 Å². The van der Waals surface area contributed by atoms with Crippen molar-refractivity contribution in [3.05, 3.63) is 60.2 Å². The van der Waals surface area contributed by atoms with Crippen molar-refractivity contribution in [2.75, 3.05) is 12.9 Å². The molecule has 0 saturated heterocycles. The molecule has 2 aromatic carbocycles. The van der Waals surface area contributed by atoms with Crippen LogP contribution < -0.4 is 10.1 Å². The number of para-hydroxylation sites is 1. The van der Waals surface area contributed by atoms with Gasteiger partial charge in [-0.1, -0.05) is 37.3 Å². The minimum Gasteiger partial charge on any atom is -0.494 e. The molecule has 0 bridgehead atoms. The number of amides is 1. The van der Waals surface area contributed by atoms with Crippen LogP contribution >= 0.6 is 0 Å². The molecule has 1 N–H and O–H groups in total. The average Bonchev–Trinajstić information content (AvgIpc) is 2.63. The molecule has 0 unspecified atom stereocenters. The molecular weight excluding hydrogens is 350 g/mol.